The van der Waals surface area contributed by atoms with Crippen LogP contribution in [0.1, 0.15) is 35.7 Å². The Hall–Kier alpha value is -2.56. The number of aromatic nitrogens is 1. The number of hydrogen-bond acceptors (Lipinski definition) is 4. The highest BCUT2D eigenvalue weighted by molar-refractivity contribution is 5.74. The Morgan fingerprint density at radius 3 is 2.95 bits per heavy atom. The molecule has 0 saturated heterocycles. The molecule has 5 nitrogen and oxygen atoms in total. The minimum atomic E-state index is -0.413. The Labute approximate surface area is 122 Å². The van der Waals surface area contributed by atoms with Gasteiger partial charge in [0.1, 0.15) is 12.3 Å². The van der Waals surface area contributed by atoms with Crippen molar-refractivity contribution in [3.05, 3.63) is 59.4 Å². The van der Waals surface area contributed by atoms with Crippen LogP contribution in [-0.2, 0) is 4.74 Å². The van der Waals surface area contributed by atoms with Gasteiger partial charge in [0.15, 0.2) is 0 Å². The molecular weight excluding hydrogens is 268 g/mol. The van der Waals surface area contributed by atoms with Crippen LogP contribution >= 0.6 is 0 Å². The van der Waals surface area contributed by atoms with E-state index in [9.17, 15) is 4.79 Å². The van der Waals surface area contributed by atoms with Crippen LogP contribution in [0.5, 0.6) is 0 Å². The van der Waals surface area contributed by atoms with Gasteiger partial charge in [-0.05, 0) is 31.1 Å². The number of carbonyl (C=O) groups excluding carboxylic acids is 1. The van der Waals surface area contributed by atoms with E-state index in [2.05, 4.69) is 4.98 Å². The molecule has 1 amide bonds. The lowest BCUT2D eigenvalue weighted by molar-refractivity contribution is 0.110. The van der Waals surface area contributed by atoms with Crippen molar-refractivity contribution in [2.24, 2.45) is 0 Å². The van der Waals surface area contributed by atoms with Crippen LogP contribution in [0.3, 0.4) is 0 Å². The van der Waals surface area contributed by atoms with Gasteiger partial charge >= 0.3 is 6.09 Å². The van der Waals surface area contributed by atoms with E-state index in [1.807, 2.05) is 37.3 Å². The van der Waals surface area contributed by atoms with Gasteiger partial charge in [-0.3, -0.25) is 4.90 Å². The van der Waals surface area contributed by atoms with Crippen LogP contribution in [0.25, 0.3) is 6.08 Å². The zero-order chi connectivity index (χ0) is 14.8. The first-order valence-electron chi connectivity index (χ1n) is 6.85. The molecule has 1 atom stereocenters. The van der Waals surface area contributed by atoms with Crippen molar-refractivity contribution in [3.8, 4) is 0 Å². The molecule has 0 spiro atoms. The van der Waals surface area contributed by atoms with Gasteiger partial charge in [-0.1, -0.05) is 24.3 Å². The second kappa shape index (κ2) is 5.44. The monoisotopic (exact) mass is 284 g/mol. The standard InChI is InChI=1S/C16H16N2O3/c1-3-20-16(19)18-9-8-12-6-4-5-7-13(12)14(18)15-17-11(2)10-21-15/h4-10,14H,3H2,1-2H3. The lowest BCUT2D eigenvalue weighted by atomic mass is 9.96. The van der Waals surface area contributed by atoms with Crippen molar-refractivity contribution >= 4 is 12.2 Å². The topological polar surface area (TPSA) is 55.6 Å². The predicted octanol–water partition coefficient (Wildman–Crippen LogP) is 3.52. The minimum Gasteiger partial charge on any atom is -0.449 e. The second-order valence-electron chi connectivity index (χ2n) is 4.78. The van der Waals surface area contributed by atoms with Crippen LogP contribution in [-0.4, -0.2) is 22.6 Å². The van der Waals surface area contributed by atoms with Gasteiger partial charge in [-0.2, -0.15) is 0 Å². The van der Waals surface area contributed by atoms with Crippen molar-refractivity contribution in [2.75, 3.05) is 6.61 Å². The van der Waals surface area contributed by atoms with Crippen molar-refractivity contribution in [1.29, 1.82) is 0 Å². The van der Waals surface area contributed by atoms with Crippen molar-refractivity contribution in [2.45, 2.75) is 19.9 Å². The van der Waals surface area contributed by atoms with Gasteiger partial charge in [0.05, 0.1) is 12.3 Å². The molecule has 0 N–H and O–H groups in total. The van der Waals surface area contributed by atoms with E-state index in [0.29, 0.717) is 12.5 Å². The fraction of sp³-hybridized carbons (Fsp3) is 0.250. The average Bonchev–Trinajstić information content (AvgIpc) is 2.92. The fourth-order valence-electron chi connectivity index (χ4n) is 2.42. The number of hydrogen-bond donors (Lipinski definition) is 0. The van der Waals surface area contributed by atoms with Crippen LogP contribution in [0.2, 0.25) is 0 Å². The zero-order valence-corrected chi connectivity index (χ0v) is 11.9. The Morgan fingerprint density at radius 1 is 1.43 bits per heavy atom. The highest BCUT2D eigenvalue weighted by atomic mass is 16.6. The van der Waals surface area contributed by atoms with Crippen LogP contribution in [0.15, 0.2) is 41.1 Å². The van der Waals surface area contributed by atoms with Gasteiger partial charge in [-0.15, -0.1) is 0 Å². The Kier molecular flexibility index (Phi) is 3.48. The summed E-state index contributed by atoms with van der Waals surface area (Å²) in [5.74, 6) is 0.484. The van der Waals surface area contributed by atoms with Crippen molar-refractivity contribution < 1.29 is 13.9 Å². The maximum Gasteiger partial charge on any atom is 0.414 e. The Bertz CT molecular complexity index is 690. The highest BCUT2D eigenvalue weighted by Gasteiger charge is 2.33. The summed E-state index contributed by atoms with van der Waals surface area (Å²) in [6, 6.07) is 7.45. The van der Waals surface area contributed by atoms with Crippen LogP contribution in [0, 0.1) is 6.92 Å². The Balaban J connectivity index is 2.07. The van der Waals surface area contributed by atoms with E-state index in [4.69, 9.17) is 9.15 Å². The molecular formula is C16H16N2O3. The van der Waals surface area contributed by atoms with Crippen molar-refractivity contribution in [3.63, 3.8) is 0 Å². The number of oxazole rings is 1. The molecule has 0 bridgehead atoms. The predicted molar refractivity (Wildman–Crippen MR) is 77.4 cm³/mol. The zero-order valence-electron chi connectivity index (χ0n) is 11.9. The van der Waals surface area contributed by atoms with E-state index in [-0.39, 0.29) is 0 Å². The van der Waals surface area contributed by atoms with Crippen LogP contribution < -0.4 is 0 Å². The maximum atomic E-state index is 12.2. The summed E-state index contributed by atoms with van der Waals surface area (Å²) < 4.78 is 10.6. The molecule has 1 aromatic heterocycles. The third-order valence-corrected chi connectivity index (χ3v) is 3.33. The number of fused-ring (bicyclic) bond motifs is 1. The van der Waals surface area contributed by atoms with E-state index in [1.165, 1.54) is 4.90 Å². The normalized spacial score (nSPS) is 16.7. The summed E-state index contributed by atoms with van der Waals surface area (Å²) in [5.41, 5.74) is 2.79. The summed E-state index contributed by atoms with van der Waals surface area (Å²) in [6.07, 6.45) is 4.77. The van der Waals surface area contributed by atoms with Crippen LogP contribution in [0.4, 0.5) is 4.79 Å². The summed E-state index contributed by atoms with van der Waals surface area (Å²) >= 11 is 0. The number of ether oxygens (including phenoxy) is 1. The third kappa shape index (κ3) is 2.42. The minimum absolute atomic E-state index is 0.322. The first-order valence-corrected chi connectivity index (χ1v) is 6.85. The molecule has 0 fully saturated rings. The molecule has 0 saturated carbocycles. The first-order chi connectivity index (χ1) is 10.2. The molecule has 1 aromatic carbocycles. The summed E-state index contributed by atoms with van der Waals surface area (Å²) in [7, 11) is 0. The Morgan fingerprint density at radius 2 is 2.24 bits per heavy atom. The molecule has 1 aliphatic heterocycles. The molecule has 2 heterocycles. The second-order valence-corrected chi connectivity index (χ2v) is 4.78. The first kappa shape index (κ1) is 13.4. The molecule has 108 valence electrons. The number of benzene rings is 1. The number of carbonyl (C=O) groups is 1. The maximum absolute atomic E-state index is 12.2. The third-order valence-electron chi connectivity index (χ3n) is 3.33. The smallest absolute Gasteiger partial charge is 0.414 e. The van der Waals surface area contributed by atoms with Gasteiger partial charge in [0, 0.05) is 6.20 Å². The van der Waals surface area contributed by atoms with E-state index in [0.717, 1.165) is 16.8 Å². The summed E-state index contributed by atoms with van der Waals surface area (Å²) in [4.78, 5) is 18.1. The molecule has 0 radical (unpaired) electrons. The fourth-order valence-corrected chi connectivity index (χ4v) is 2.42. The molecule has 1 aliphatic rings. The number of amides is 1. The van der Waals surface area contributed by atoms with E-state index >= 15 is 0 Å². The molecule has 2 aromatic rings. The SMILES string of the molecule is CCOC(=O)N1C=Cc2ccccc2C1c1nc(C)co1. The molecule has 21 heavy (non-hydrogen) atoms. The van der Waals surface area contributed by atoms with Gasteiger partial charge < -0.3 is 9.15 Å². The van der Waals surface area contributed by atoms with E-state index < -0.39 is 12.1 Å². The number of aryl methyl sites for hydroxylation is 1. The van der Waals surface area contributed by atoms with E-state index in [1.54, 1.807) is 19.4 Å². The largest absolute Gasteiger partial charge is 0.449 e. The quantitative estimate of drug-likeness (QED) is 0.846. The van der Waals surface area contributed by atoms with Gasteiger partial charge in [-0.25, -0.2) is 9.78 Å². The lowest BCUT2D eigenvalue weighted by Crippen LogP contribution is -2.33. The highest BCUT2D eigenvalue weighted by Crippen LogP contribution is 2.35. The molecule has 1 unspecified atom stereocenters. The molecule has 0 aliphatic carbocycles. The summed E-state index contributed by atoms with van der Waals surface area (Å²) in [5, 5.41) is 0. The number of rotatable bonds is 2. The summed E-state index contributed by atoms with van der Waals surface area (Å²) in [6.45, 7) is 3.96. The average molecular weight is 284 g/mol. The van der Waals surface area contributed by atoms with Gasteiger partial charge in [0.2, 0.25) is 5.89 Å². The molecule has 5 heteroatoms. The van der Waals surface area contributed by atoms with Crippen molar-refractivity contribution in [1.82, 2.24) is 9.88 Å². The number of nitrogens with zero attached hydrogens (tertiary/aromatic N) is 2. The lowest BCUT2D eigenvalue weighted by Gasteiger charge is -2.30. The molecule has 3 rings (SSSR count). The van der Waals surface area contributed by atoms with Gasteiger partial charge in [0.25, 0.3) is 0 Å².